The molecule has 0 N–H and O–H groups in total. The quantitative estimate of drug-likeness (QED) is 0.827. The molecular formula is C20H25ClN2O2. The van der Waals surface area contributed by atoms with Gasteiger partial charge in [0.05, 0.1) is 16.5 Å². The molecule has 25 heavy (non-hydrogen) atoms. The summed E-state index contributed by atoms with van der Waals surface area (Å²) in [7, 11) is 0. The van der Waals surface area contributed by atoms with E-state index >= 15 is 0 Å². The minimum absolute atomic E-state index is 0.0381. The number of nitrogens with zero attached hydrogens (tertiary/aromatic N) is 2. The first-order chi connectivity index (χ1) is 12.0. The van der Waals surface area contributed by atoms with Crippen LogP contribution >= 0.6 is 11.6 Å². The van der Waals surface area contributed by atoms with E-state index in [0.29, 0.717) is 29.6 Å². The van der Waals surface area contributed by atoms with Gasteiger partial charge in [0.2, 0.25) is 5.91 Å². The summed E-state index contributed by atoms with van der Waals surface area (Å²) in [5, 5.41) is 0.491. The van der Waals surface area contributed by atoms with E-state index in [1.165, 1.54) is 19.3 Å². The lowest BCUT2D eigenvalue weighted by Gasteiger charge is -2.40. The second kappa shape index (κ2) is 6.64. The predicted octanol–water partition coefficient (Wildman–Crippen LogP) is 3.51. The van der Waals surface area contributed by atoms with E-state index in [1.54, 1.807) is 6.07 Å². The molecule has 0 unspecified atom stereocenters. The summed E-state index contributed by atoms with van der Waals surface area (Å²) in [6.07, 6.45) is 5.67. The Balaban J connectivity index is 1.55. The fourth-order valence-corrected chi connectivity index (χ4v) is 4.57. The maximum absolute atomic E-state index is 13.1. The van der Waals surface area contributed by atoms with Crippen LogP contribution in [0.4, 0.5) is 0 Å². The highest BCUT2D eigenvalue weighted by Gasteiger charge is 2.43. The van der Waals surface area contributed by atoms with Crippen LogP contribution in [0.2, 0.25) is 5.02 Å². The van der Waals surface area contributed by atoms with E-state index in [0.717, 1.165) is 24.9 Å². The molecule has 0 radical (unpaired) electrons. The van der Waals surface area contributed by atoms with E-state index < -0.39 is 0 Å². The smallest absolute Gasteiger partial charge is 0.255 e. The number of carbonyl (C=O) groups is 2. The SMILES string of the molecule is Cc1ccc(Cl)c(C(=O)N2C[C@@H]3CC[C@H](C2)N(CC2CCC2)C3=O)c1. The van der Waals surface area contributed by atoms with Gasteiger partial charge in [0.1, 0.15) is 0 Å². The van der Waals surface area contributed by atoms with Crippen LogP contribution < -0.4 is 0 Å². The third kappa shape index (κ3) is 3.17. The van der Waals surface area contributed by atoms with Gasteiger partial charge in [-0.25, -0.2) is 0 Å². The molecule has 4 aliphatic rings. The zero-order valence-corrected chi connectivity index (χ0v) is 15.5. The number of hydrogen-bond donors (Lipinski definition) is 0. The summed E-state index contributed by atoms with van der Waals surface area (Å²) >= 11 is 6.27. The highest BCUT2D eigenvalue weighted by atomic mass is 35.5. The number of hydrogen-bond acceptors (Lipinski definition) is 2. The number of piperidine rings is 1. The van der Waals surface area contributed by atoms with Crippen molar-refractivity contribution in [1.82, 2.24) is 9.80 Å². The molecule has 1 aliphatic carbocycles. The van der Waals surface area contributed by atoms with Crippen LogP contribution in [0, 0.1) is 18.8 Å². The van der Waals surface area contributed by atoms with Crippen molar-refractivity contribution < 1.29 is 9.59 Å². The molecule has 2 amide bonds. The second-order valence-electron chi connectivity index (χ2n) is 7.91. The second-order valence-corrected chi connectivity index (χ2v) is 8.32. The van der Waals surface area contributed by atoms with Crippen LogP contribution in [0.25, 0.3) is 0 Å². The number of aryl methyl sites for hydroxylation is 1. The van der Waals surface area contributed by atoms with Crippen LogP contribution in [0.15, 0.2) is 18.2 Å². The average Bonchev–Trinajstić information content (AvgIpc) is 2.84. The fraction of sp³-hybridized carbons (Fsp3) is 0.600. The highest BCUT2D eigenvalue weighted by Crippen LogP contribution is 2.34. The summed E-state index contributed by atoms with van der Waals surface area (Å²) in [6, 6.07) is 5.71. The first-order valence-corrected chi connectivity index (χ1v) is 9.76. The topological polar surface area (TPSA) is 40.6 Å². The van der Waals surface area contributed by atoms with Crippen molar-refractivity contribution in [1.29, 1.82) is 0 Å². The molecule has 2 atom stereocenters. The molecule has 134 valence electrons. The standard InChI is InChI=1S/C20H25ClN2O2/c1-13-5-8-18(21)17(9-13)20(25)22-11-15-6-7-16(12-22)23(19(15)24)10-14-3-2-4-14/h5,8-9,14-16H,2-4,6-7,10-12H2,1H3/t15-,16+/m0/s1. The molecule has 4 nitrogen and oxygen atoms in total. The Labute approximate surface area is 154 Å². The van der Waals surface area contributed by atoms with Crippen LogP contribution in [0.1, 0.15) is 48.0 Å². The van der Waals surface area contributed by atoms with E-state index in [-0.39, 0.29) is 23.8 Å². The van der Waals surface area contributed by atoms with Gasteiger partial charge in [-0.2, -0.15) is 0 Å². The molecule has 0 spiro atoms. The lowest BCUT2D eigenvalue weighted by Crippen LogP contribution is -2.50. The molecule has 3 saturated heterocycles. The Hall–Kier alpha value is -1.55. The van der Waals surface area contributed by atoms with Crippen molar-refractivity contribution in [2.45, 2.75) is 45.1 Å². The van der Waals surface area contributed by atoms with Gasteiger partial charge >= 0.3 is 0 Å². The third-order valence-electron chi connectivity index (χ3n) is 6.11. The minimum Gasteiger partial charge on any atom is -0.337 e. The molecule has 5 heteroatoms. The van der Waals surface area contributed by atoms with E-state index in [4.69, 9.17) is 11.6 Å². The maximum atomic E-state index is 13.1. The molecule has 5 rings (SSSR count). The predicted molar refractivity (Wildman–Crippen MR) is 97.7 cm³/mol. The Kier molecular flexibility index (Phi) is 4.48. The first kappa shape index (κ1) is 16.9. The van der Waals surface area contributed by atoms with Gasteiger partial charge in [0.25, 0.3) is 5.91 Å². The number of rotatable bonds is 3. The normalized spacial score (nSPS) is 26.6. The third-order valence-corrected chi connectivity index (χ3v) is 6.44. The summed E-state index contributed by atoms with van der Waals surface area (Å²) in [6.45, 7) is 4.01. The van der Waals surface area contributed by atoms with Gasteiger partial charge in [0, 0.05) is 25.7 Å². The van der Waals surface area contributed by atoms with Crippen LogP contribution in [0.5, 0.6) is 0 Å². The molecule has 4 fully saturated rings. The summed E-state index contributed by atoms with van der Waals surface area (Å²) in [5.41, 5.74) is 1.58. The van der Waals surface area contributed by atoms with Crippen molar-refractivity contribution in [3.05, 3.63) is 34.3 Å². The molecule has 3 heterocycles. The largest absolute Gasteiger partial charge is 0.337 e. The number of halogens is 1. The van der Waals surface area contributed by atoms with Gasteiger partial charge in [-0.3, -0.25) is 9.59 Å². The number of carbonyl (C=O) groups excluding carboxylic acids is 2. The molecular weight excluding hydrogens is 336 g/mol. The van der Waals surface area contributed by atoms with Gasteiger partial charge in [-0.15, -0.1) is 0 Å². The highest BCUT2D eigenvalue weighted by molar-refractivity contribution is 6.33. The average molecular weight is 361 g/mol. The Morgan fingerprint density at radius 1 is 1.20 bits per heavy atom. The van der Waals surface area contributed by atoms with Crippen molar-refractivity contribution in [2.75, 3.05) is 19.6 Å². The monoisotopic (exact) mass is 360 g/mol. The lowest BCUT2D eigenvalue weighted by molar-refractivity contribution is -0.141. The van der Waals surface area contributed by atoms with Crippen LogP contribution in [0.3, 0.4) is 0 Å². The summed E-state index contributed by atoms with van der Waals surface area (Å²) in [4.78, 5) is 29.9. The lowest BCUT2D eigenvalue weighted by atomic mass is 9.83. The molecule has 1 aromatic rings. The summed E-state index contributed by atoms with van der Waals surface area (Å²) < 4.78 is 0. The number of amides is 2. The van der Waals surface area contributed by atoms with Gasteiger partial charge in [-0.05, 0) is 50.7 Å². The van der Waals surface area contributed by atoms with Crippen molar-refractivity contribution in [2.24, 2.45) is 11.8 Å². The van der Waals surface area contributed by atoms with E-state index in [9.17, 15) is 9.59 Å². The van der Waals surface area contributed by atoms with Gasteiger partial charge < -0.3 is 9.80 Å². The zero-order valence-electron chi connectivity index (χ0n) is 14.7. The van der Waals surface area contributed by atoms with Crippen molar-refractivity contribution in [3.8, 4) is 0 Å². The Bertz CT molecular complexity index is 701. The van der Waals surface area contributed by atoms with Crippen LogP contribution in [-0.4, -0.2) is 47.3 Å². The number of fused-ring (bicyclic) bond motifs is 4. The molecule has 1 saturated carbocycles. The van der Waals surface area contributed by atoms with Crippen LogP contribution in [-0.2, 0) is 4.79 Å². The molecule has 2 bridgehead atoms. The van der Waals surface area contributed by atoms with Crippen molar-refractivity contribution in [3.63, 3.8) is 0 Å². The van der Waals surface area contributed by atoms with E-state index in [2.05, 4.69) is 4.90 Å². The Morgan fingerprint density at radius 3 is 2.72 bits per heavy atom. The Morgan fingerprint density at radius 2 is 2.00 bits per heavy atom. The number of benzene rings is 1. The first-order valence-electron chi connectivity index (χ1n) is 9.39. The molecule has 0 aromatic heterocycles. The zero-order chi connectivity index (χ0) is 17.6. The van der Waals surface area contributed by atoms with Gasteiger partial charge in [-0.1, -0.05) is 29.7 Å². The van der Waals surface area contributed by atoms with Crippen molar-refractivity contribution >= 4 is 23.4 Å². The maximum Gasteiger partial charge on any atom is 0.255 e. The molecule has 1 aromatic carbocycles. The minimum atomic E-state index is -0.0497. The summed E-state index contributed by atoms with van der Waals surface area (Å²) in [5.74, 6) is 0.836. The van der Waals surface area contributed by atoms with Gasteiger partial charge in [0.15, 0.2) is 0 Å². The fourth-order valence-electron chi connectivity index (χ4n) is 4.37. The molecule has 3 aliphatic heterocycles. The van der Waals surface area contributed by atoms with E-state index in [1.807, 2.05) is 24.0 Å².